The second kappa shape index (κ2) is 8.96. The number of benzene rings is 2. The number of esters is 2. The molecule has 0 aliphatic heterocycles. The molecule has 0 spiro atoms. The van der Waals surface area contributed by atoms with Crippen LogP contribution < -0.4 is 5.32 Å². The van der Waals surface area contributed by atoms with E-state index in [9.17, 15) is 14.4 Å². The lowest BCUT2D eigenvalue weighted by molar-refractivity contribution is -0.111. The van der Waals surface area contributed by atoms with Crippen LogP contribution in [-0.2, 0) is 14.3 Å². The first-order valence-electron chi connectivity index (χ1n) is 7.50. The molecule has 1 N–H and O–H groups in total. The van der Waals surface area contributed by atoms with Gasteiger partial charge in [0, 0.05) is 10.5 Å². The molecule has 0 saturated heterocycles. The number of hydrogen-bond donors (Lipinski definition) is 1. The highest BCUT2D eigenvalue weighted by Gasteiger charge is 2.16. The summed E-state index contributed by atoms with van der Waals surface area (Å²) in [6.45, 7) is 0. The number of carbonyl (C=O) groups excluding carboxylic acids is 3. The molecule has 0 atom stereocenters. The Morgan fingerprint density at radius 1 is 0.962 bits per heavy atom. The molecule has 2 aromatic rings. The van der Waals surface area contributed by atoms with Gasteiger partial charge in [-0.25, -0.2) is 9.59 Å². The molecule has 6 nitrogen and oxygen atoms in total. The molecule has 0 bridgehead atoms. The normalized spacial score (nSPS) is 10.4. The summed E-state index contributed by atoms with van der Waals surface area (Å²) in [5, 5.41) is 2.58. The number of ether oxygens (including phenoxy) is 2. The monoisotopic (exact) mass is 417 g/mol. The Morgan fingerprint density at radius 3 is 2.23 bits per heavy atom. The van der Waals surface area contributed by atoms with Crippen LogP contribution >= 0.6 is 15.9 Å². The van der Waals surface area contributed by atoms with Gasteiger partial charge in [0.05, 0.1) is 31.0 Å². The van der Waals surface area contributed by atoms with Crippen LogP contribution in [0.15, 0.2) is 53.0 Å². The number of rotatable bonds is 5. The molecule has 2 aromatic carbocycles. The molecule has 0 unspecified atom stereocenters. The Morgan fingerprint density at radius 2 is 1.62 bits per heavy atom. The van der Waals surface area contributed by atoms with Crippen molar-refractivity contribution in [3.8, 4) is 0 Å². The molecule has 0 aliphatic carbocycles. The zero-order chi connectivity index (χ0) is 19.1. The molecule has 0 fully saturated rings. The van der Waals surface area contributed by atoms with Crippen LogP contribution in [0.5, 0.6) is 0 Å². The molecule has 134 valence electrons. The average molecular weight is 418 g/mol. The number of amides is 1. The van der Waals surface area contributed by atoms with Crippen molar-refractivity contribution in [3.63, 3.8) is 0 Å². The molecule has 0 aromatic heterocycles. The van der Waals surface area contributed by atoms with Gasteiger partial charge in [0.2, 0.25) is 5.91 Å². The molecule has 0 heterocycles. The maximum Gasteiger partial charge on any atom is 0.339 e. The number of methoxy groups -OCH3 is 2. The first-order valence-corrected chi connectivity index (χ1v) is 8.29. The Labute approximate surface area is 158 Å². The highest BCUT2D eigenvalue weighted by atomic mass is 79.9. The third-order valence-corrected chi connectivity index (χ3v) is 3.93. The topological polar surface area (TPSA) is 81.7 Å². The Bertz CT molecular complexity index is 859. The average Bonchev–Trinajstić information content (AvgIpc) is 2.66. The number of nitrogens with one attached hydrogen (secondary N) is 1. The molecule has 26 heavy (non-hydrogen) atoms. The van der Waals surface area contributed by atoms with Crippen LogP contribution in [-0.4, -0.2) is 32.1 Å². The summed E-state index contributed by atoms with van der Waals surface area (Å²) in [5.41, 5.74) is 1.32. The molecule has 1 amide bonds. The Hall–Kier alpha value is -2.93. The summed E-state index contributed by atoms with van der Waals surface area (Å²) >= 11 is 3.34. The van der Waals surface area contributed by atoms with Gasteiger partial charge in [-0.1, -0.05) is 28.1 Å². The van der Waals surface area contributed by atoms with Crippen molar-refractivity contribution in [2.24, 2.45) is 0 Å². The first kappa shape index (κ1) is 19.4. The van der Waals surface area contributed by atoms with E-state index in [0.29, 0.717) is 0 Å². The smallest absolute Gasteiger partial charge is 0.339 e. The number of carbonyl (C=O) groups is 3. The third kappa shape index (κ3) is 5.03. The van der Waals surface area contributed by atoms with Gasteiger partial charge in [0.15, 0.2) is 0 Å². The molecule has 7 heteroatoms. The largest absolute Gasteiger partial charge is 0.465 e. The molecular weight excluding hydrogens is 402 g/mol. The minimum absolute atomic E-state index is 0.130. The van der Waals surface area contributed by atoms with Crippen molar-refractivity contribution in [3.05, 3.63) is 69.7 Å². The second-order valence-corrected chi connectivity index (χ2v) is 6.03. The van der Waals surface area contributed by atoms with Crippen LogP contribution in [0, 0.1) is 0 Å². The van der Waals surface area contributed by atoms with Gasteiger partial charge in [0.1, 0.15) is 0 Å². The highest BCUT2D eigenvalue weighted by molar-refractivity contribution is 9.10. The van der Waals surface area contributed by atoms with Gasteiger partial charge in [-0.3, -0.25) is 4.79 Å². The van der Waals surface area contributed by atoms with E-state index in [0.717, 1.165) is 10.0 Å². The molecule has 0 saturated carbocycles. The van der Waals surface area contributed by atoms with E-state index in [-0.39, 0.29) is 16.8 Å². The van der Waals surface area contributed by atoms with Gasteiger partial charge in [-0.15, -0.1) is 0 Å². The van der Waals surface area contributed by atoms with Gasteiger partial charge < -0.3 is 14.8 Å². The van der Waals surface area contributed by atoms with Crippen molar-refractivity contribution < 1.29 is 23.9 Å². The van der Waals surface area contributed by atoms with Crippen molar-refractivity contribution >= 4 is 45.5 Å². The van der Waals surface area contributed by atoms with Crippen molar-refractivity contribution in [1.82, 2.24) is 0 Å². The van der Waals surface area contributed by atoms with E-state index >= 15 is 0 Å². The lowest BCUT2D eigenvalue weighted by atomic mass is 10.1. The summed E-state index contributed by atoms with van der Waals surface area (Å²) in [6, 6.07) is 11.6. The fraction of sp³-hybridized carbons (Fsp3) is 0.105. The fourth-order valence-corrected chi connectivity index (χ4v) is 2.36. The fourth-order valence-electron chi connectivity index (χ4n) is 2.10. The van der Waals surface area contributed by atoms with Gasteiger partial charge >= 0.3 is 11.9 Å². The predicted octanol–water partition coefficient (Wildman–Crippen LogP) is 3.67. The SMILES string of the molecule is COC(=O)c1ccc(C(=O)OC)c(NC(=O)/C=C/c2ccc(Br)cc2)c1. The van der Waals surface area contributed by atoms with Crippen LogP contribution in [0.1, 0.15) is 26.3 Å². The van der Waals surface area contributed by atoms with Crippen molar-refractivity contribution in [2.75, 3.05) is 19.5 Å². The number of anilines is 1. The highest BCUT2D eigenvalue weighted by Crippen LogP contribution is 2.20. The quantitative estimate of drug-likeness (QED) is 0.592. The zero-order valence-electron chi connectivity index (χ0n) is 14.1. The predicted molar refractivity (Wildman–Crippen MR) is 101 cm³/mol. The van der Waals surface area contributed by atoms with Crippen molar-refractivity contribution in [2.45, 2.75) is 0 Å². The lowest BCUT2D eigenvalue weighted by Gasteiger charge is -2.10. The van der Waals surface area contributed by atoms with Crippen LogP contribution in [0.25, 0.3) is 6.08 Å². The minimum atomic E-state index is -0.631. The standard InChI is InChI=1S/C19H16BrNO5/c1-25-18(23)13-6-9-15(19(24)26-2)16(11-13)21-17(22)10-5-12-3-7-14(20)8-4-12/h3-11H,1-2H3,(H,21,22)/b10-5+. The van der Waals surface area contributed by atoms with Gasteiger partial charge in [-0.2, -0.15) is 0 Å². The van der Waals surface area contributed by atoms with Gasteiger partial charge in [0.25, 0.3) is 0 Å². The maximum atomic E-state index is 12.2. The van der Waals surface area contributed by atoms with E-state index in [1.165, 1.54) is 38.5 Å². The van der Waals surface area contributed by atoms with E-state index < -0.39 is 17.8 Å². The summed E-state index contributed by atoms with van der Waals surface area (Å²) in [5.74, 6) is -1.67. The number of hydrogen-bond acceptors (Lipinski definition) is 5. The molecule has 0 radical (unpaired) electrons. The summed E-state index contributed by atoms with van der Waals surface area (Å²) < 4.78 is 10.3. The minimum Gasteiger partial charge on any atom is -0.465 e. The van der Waals surface area contributed by atoms with Crippen LogP contribution in [0.3, 0.4) is 0 Å². The number of halogens is 1. The first-order chi connectivity index (χ1) is 12.4. The van der Waals surface area contributed by atoms with Crippen molar-refractivity contribution in [1.29, 1.82) is 0 Å². The lowest BCUT2D eigenvalue weighted by Crippen LogP contribution is -2.14. The summed E-state index contributed by atoms with van der Waals surface area (Å²) in [7, 11) is 2.48. The summed E-state index contributed by atoms with van der Waals surface area (Å²) in [4.78, 5) is 35.7. The Kier molecular flexibility index (Phi) is 6.68. The summed E-state index contributed by atoms with van der Waals surface area (Å²) in [6.07, 6.45) is 2.96. The molecule has 2 rings (SSSR count). The molecule has 0 aliphatic rings. The van der Waals surface area contributed by atoms with Crippen LogP contribution in [0.4, 0.5) is 5.69 Å². The Balaban J connectivity index is 2.24. The van der Waals surface area contributed by atoms with Gasteiger partial charge in [-0.05, 0) is 42.0 Å². The van der Waals surface area contributed by atoms with E-state index in [1.54, 1.807) is 6.08 Å². The van der Waals surface area contributed by atoms with E-state index in [1.807, 2.05) is 24.3 Å². The second-order valence-electron chi connectivity index (χ2n) is 5.12. The molecular formula is C19H16BrNO5. The zero-order valence-corrected chi connectivity index (χ0v) is 15.7. The van der Waals surface area contributed by atoms with Crippen LogP contribution in [0.2, 0.25) is 0 Å². The van der Waals surface area contributed by atoms with E-state index in [2.05, 4.69) is 26.0 Å². The maximum absolute atomic E-state index is 12.2. The van der Waals surface area contributed by atoms with E-state index in [4.69, 9.17) is 4.74 Å². The third-order valence-electron chi connectivity index (χ3n) is 3.40.